The van der Waals surface area contributed by atoms with Gasteiger partial charge in [0.2, 0.25) is 11.8 Å². The number of carbonyl (C=O) groups excluding carboxylic acids is 2. The van der Waals surface area contributed by atoms with Crippen molar-refractivity contribution >= 4 is 11.8 Å². The number of hydrogen-bond donors (Lipinski definition) is 1. The molecule has 108 valence electrons. The summed E-state index contributed by atoms with van der Waals surface area (Å²) < 4.78 is 0. The van der Waals surface area contributed by atoms with Gasteiger partial charge in [0.1, 0.15) is 12.1 Å². The predicted molar refractivity (Wildman–Crippen MR) is 75.8 cm³/mol. The summed E-state index contributed by atoms with van der Waals surface area (Å²) in [5, 5.41) is 2.80. The summed E-state index contributed by atoms with van der Waals surface area (Å²) in [5.74, 6) is -0.0569. The highest BCUT2D eigenvalue weighted by atomic mass is 16.2. The Morgan fingerprint density at radius 2 is 2.00 bits per heavy atom. The van der Waals surface area contributed by atoms with E-state index in [1.807, 2.05) is 32.9 Å². The molecule has 1 saturated heterocycles. The number of amides is 2. The number of pyridine rings is 1. The molecular weight excluding hydrogens is 254 g/mol. The van der Waals surface area contributed by atoms with Gasteiger partial charge in [-0.25, -0.2) is 0 Å². The Morgan fingerprint density at radius 3 is 2.55 bits per heavy atom. The summed E-state index contributed by atoms with van der Waals surface area (Å²) >= 11 is 0. The van der Waals surface area contributed by atoms with Gasteiger partial charge in [-0.3, -0.25) is 14.6 Å². The molecule has 1 aliphatic rings. The normalized spacial score (nSPS) is 22.9. The average molecular weight is 275 g/mol. The number of carbonyl (C=O) groups is 2. The quantitative estimate of drug-likeness (QED) is 0.903. The molecule has 2 unspecified atom stereocenters. The maximum absolute atomic E-state index is 12.4. The number of rotatable bonds is 4. The molecule has 0 saturated carbocycles. The number of nitrogens with one attached hydrogen (secondary N) is 1. The van der Waals surface area contributed by atoms with Crippen molar-refractivity contribution < 1.29 is 9.59 Å². The van der Waals surface area contributed by atoms with Gasteiger partial charge in [0.15, 0.2) is 0 Å². The van der Waals surface area contributed by atoms with Crippen LogP contribution in [0.5, 0.6) is 0 Å². The summed E-state index contributed by atoms with van der Waals surface area (Å²) in [6.07, 6.45) is 3.00. The first-order valence-electron chi connectivity index (χ1n) is 7.09. The molecule has 5 nitrogen and oxygen atoms in total. The van der Waals surface area contributed by atoms with Crippen LogP contribution in [0.4, 0.5) is 0 Å². The number of nitrogens with zero attached hydrogens (tertiary/aromatic N) is 2. The van der Waals surface area contributed by atoms with Crippen LogP contribution in [0.15, 0.2) is 18.3 Å². The van der Waals surface area contributed by atoms with Crippen LogP contribution in [-0.4, -0.2) is 33.8 Å². The third kappa shape index (κ3) is 2.81. The van der Waals surface area contributed by atoms with Gasteiger partial charge in [-0.2, -0.15) is 0 Å². The van der Waals surface area contributed by atoms with E-state index in [0.717, 1.165) is 11.3 Å². The van der Waals surface area contributed by atoms with Gasteiger partial charge in [0, 0.05) is 18.4 Å². The minimum atomic E-state index is -0.399. The molecule has 0 bridgehead atoms. The van der Waals surface area contributed by atoms with Crippen LogP contribution < -0.4 is 5.32 Å². The SMILES string of the molecule is CCC1NC(=O)C(CC)N(Cc2ccc(C)nc2)C1=O. The first kappa shape index (κ1) is 14.5. The number of aryl methyl sites for hydroxylation is 1. The minimum absolute atomic E-state index is 0.000440. The van der Waals surface area contributed by atoms with E-state index in [9.17, 15) is 9.59 Å². The highest BCUT2D eigenvalue weighted by Gasteiger charge is 2.38. The van der Waals surface area contributed by atoms with Crippen molar-refractivity contribution in [1.29, 1.82) is 0 Å². The Morgan fingerprint density at radius 1 is 1.25 bits per heavy atom. The van der Waals surface area contributed by atoms with E-state index in [0.29, 0.717) is 19.4 Å². The zero-order valence-electron chi connectivity index (χ0n) is 12.2. The molecule has 20 heavy (non-hydrogen) atoms. The second kappa shape index (κ2) is 6.03. The Bertz CT molecular complexity index is 498. The van der Waals surface area contributed by atoms with Gasteiger partial charge in [-0.15, -0.1) is 0 Å². The fraction of sp³-hybridized carbons (Fsp3) is 0.533. The van der Waals surface area contributed by atoms with Gasteiger partial charge in [-0.05, 0) is 31.4 Å². The van der Waals surface area contributed by atoms with Crippen LogP contribution >= 0.6 is 0 Å². The van der Waals surface area contributed by atoms with Crippen LogP contribution in [-0.2, 0) is 16.1 Å². The lowest BCUT2D eigenvalue weighted by Gasteiger charge is -2.38. The highest BCUT2D eigenvalue weighted by Crippen LogP contribution is 2.18. The van der Waals surface area contributed by atoms with E-state index < -0.39 is 6.04 Å². The maximum Gasteiger partial charge on any atom is 0.246 e. The summed E-state index contributed by atoms with van der Waals surface area (Å²) in [6.45, 7) is 6.19. The zero-order valence-corrected chi connectivity index (χ0v) is 12.2. The molecule has 2 rings (SSSR count). The van der Waals surface area contributed by atoms with E-state index in [2.05, 4.69) is 10.3 Å². The molecule has 0 radical (unpaired) electrons. The monoisotopic (exact) mass is 275 g/mol. The maximum atomic E-state index is 12.4. The Hall–Kier alpha value is -1.91. The van der Waals surface area contributed by atoms with E-state index in [1.165, 1.54) is 0 Å². The first-order valence-corrected chi connectivity index (χ1v) is 7.09. The Labute approximate surface area is 119 Å². The second-order valence-corrected chi connectivity index (χ2v) is 5.17. The van der Waals surface area contributed by atoms with Crippen LogP contribution in [0.2, 0.25) is 0 Å². The van der Waals surface area contributed by atoms with Crippen molar-refractivity contribution in [2.75, 3.05) is 0 Å². The van der Waals surface area contributed by atoms with Crippen molar-refractivity contribution in [3.8, 4) is 0 Å². The zero-order chi connectivity index (χ0) is 14.7. The van der Waals surface area contributed by atoms with Gasteiger partial charge in [0.05, 0.1) is 0 Å². The van der Waals surface area contributed by atoms with Crippen LogP contribution in [0.3, 0.4) is 0 Å². The molecule has 2 amide bonds. The van der Waals surface area contributed by atoms with Crippen molar-refractivity contribution in [2.24, 2.45) is 0 Å². The molecule has 0 aliphatic carbocycles. The fourth-order valence-corrected chi connectivity index (χ4v) is 2.48. The summed E-state index contributed by atoms with van der Waals surface area (Å²) in [5.41, 5.74) is 1.89. The lowest BCUT2D eigenvalue weighted by Crippen LogP contribution is -2.62. The standard InChI is InChI=1S/C15H21N3O2/c1-4-12-15(20)18(13(5-2)14(19)17-12)9-11-7-6-10(3)16-8-11/h6-8,12-13H,4-5,9H2,1-3H3,(H,17,19). The van der Waals surface area contributed by atoms with Gasteiger partial charge < -0.3 is 10.2 Å². The van der Waals surface area contributed by atoms with E-state index in [1.54, 1.807) is 11.1 Å². The average Bonchev–Trinajstić information content (AvgIpc) is 2.45. The van der Waals surface area contributed by atoms with Crippen molar-refractivity contribution in [2.45, 2.75) is 52.2 Å². The molecule has 2 atom stereocenters. The van der Waals surface area contributed by atoms with E-state index in [4.69, 9.17) is 0 Å². The Kier molecular flexibility index (Phi) is 4.37. The Balaban J connectivity index is 2.22. The van der Waals surface area contributed by atoms with Crippen LogP contribution in [0, 0.1) is 6.92 Å². The van der Waals surface area contributed by atoms with Crippen LogP contribution in [0.1, 0.15) is 37.9 Å². The van der Waals surface area contributed by atoms with Gasteiger partial charge in [0.25, 0.3) is 0 Å². The topological polar surface area (TPSA) is 62.3 Å². The molecule has 1 fully saturated rings. The van der Waals surface area contributed by atoms with E-state index in [-0.39, 0.29) is 17.9 Å². The lowest BCUT2D eigenvalue weighted by molar-refractivity contribution is -0.150. The summed E-state index contributed by atoms with van der Waals surface area (Å²) in [4.78, 5) is 30.4. The van der Waals surface area contributed by atoms with Crippen molar-refractivity contribution in [3.05, 3.63) is 29.6 Å². The van der Waals surface area contributed by atoms with Crippen molar-refractivity contribution in [3.63, 3.8) is 0 Å². The molecule has 1 N–H and O–H groups in total. The van der Waals surface area contributed by atoms with Gasteiger partial charge >= 0.3 is 0 Å². The number of piperazine rings is 1. The minimum Gasteiger partial charge on any atom is -0.343 e. The molecule has 0 aromatic carbocycles. The largest absolute Gasteiger partial charge is 0.343 e. The first-order chi connectivity index (χ1) is 9.56. The molecule has 1 aromatic rings. The van der Waals surface area contributed by atoms with E-state index >= 15 is 0 Å². The molecule has 1 aliphatic heterocycles. The molecule has 5 heteroatoms. The molecule has 1 aromatic heterocycles. The van der Waals surface area contributed by atoms with Gasteiger partial charge in [-0.1, -0.05) is 19.9 Å². The highest BCUT2D eigenvalue weighted by molar-refractivity contribution is 5.96. The molecule has 0 spiro atoms. The van der Waals surface area contributed by atoms with Crippen molar-refractivity contribution in [1.82, 2.24) is 15.2 Å². The van der Waals surface area contributed by atoms with Crippen LogP contribution in [0.25, 0.3) is 0 Å². The summed E-state index contributed by atoms with van der Waals surface area (Å²) in [6, 6.07) is 3.09. The third-order valence-electron chi connectivity index (χ3n) is 3.70. The lowest BCUT2D eigenvalue weighted by atomic mass is 10.0. The third-order valence-corrected chi connectivity index (χ3v) is 3.70. The number of aromatic nitrogens is 1. The summed E-state index contributed by atoms with van der Waals surface area (Å²) in [7, 11) is 0. The number of hydrogen-bond acceptors (Lipinski definition) is 3. The second-order valence-electron chi connectivity index (χ2n) is 5.17. The predicted octanol–water partition coefficient (Wildman–Crippen LogP) is 1.41. The fourth-order valence-electron chi connectivity index (χ4n) is 2.48. The molecule has 2 heterocycles. The smallest absolute Gasteiger partial charge is 0.246 e. The molecular formula is C15H21N3O2.